The molecule has 9 heteroatoms. The first-order valence-corrected chi connectivity index (χ1v) is 10.5. The molecule has 1 amide bonds. The Labute approximate surface area is 177 Å². The number of carbonyl (C=O) groups excluding carboxylic acids is 1. The summed E-state index contributed by atoms with van der Waals surface area (Å²) >= 11 is 1.41. The molecular formula is C21H22N6O2S. The minimum Gasteiger partial charge on any atom is -0.300 e. The Bertz CT molecular complexity index is 1270. The van der Waals surface area contributed by atoms with Crippen molar-refractivity contribution in [1.29, 1.82) is 0 Å². The third kappa shape index (κ3) is 3.88. The summed E-state index contributed by atoms with van der Waals surface area (Å²) in [6.45, 7) is 4.00. The summed E-state index contributed by atoms with van der Waals surface area (Å²) in [6, 6.07) is 8.35. The predicted octanol–water partition coefficient (Wildman–Crippen LogP) is 3.15. The molecule has 154 valence electrons. The number of hydrogen-bond donors (Lipinski definition) is 1. The van der Waals surface area contributed by atoms with E-state index in [4.69, 9.17) is 0 Å². The maximum absolute atomic E-state index is 12.5. The molecule has 1 N–H and O–H groups in total. The van der Waals surface area contributed by atoms with E-state index in [0.717, 1.165) is 29.0 Å². The fourth-order valence-electron chi connectivity index (χ4n) is 3.33. The Kier molecular flexibility index (Phi) is 5.45. The molecular weight excluding hydrogens is 400 g/mol. The SMILES string of the molecule is CCCc1ccc(-c2nc(NC(=O)Cn3cnc4c(cnn4C)c3=O)sc2C)cc1. The molecule has 3 aromatic heterocycles. The van der Waals surface area contributed by atoms with Gasteiger partial charge in [-0.05, 0) is 18.9 Å². The van der Waals surface area contributed by atoms with Crippen molar-refractivity contribution >= 4 is 33.4 Å². The summed E-state index contributed by atoms with van der Waals surface area (Å²) in [5, 5.41) is 7.72. The number of thiazole rings is 1. The van der Waals surface area contributed by atoms with E-state index in [0.29, 0.717) is 16.2 Å². The molecule has 0 aliphatic carbocycles. The van der Waals surface area contributed by atoms with Gasteiger partial charge in [0.1, 0.15) is 18.3 Å². The highest BCUT2D eigenvalue weighted by atomic mass is 32.1. The van der Waals surface area contributed by atoms with Crippen LogP contribution in [0.5, 0.6) is 0 Å². The molecule has 0 radical (unpaired) electrons. The van der Waals surface area contributed by atoms with Crippen LogP contribution in [0.4, 0.5) is 5.13 Å². The van der Waals surface area contributed by atoms with Crippen LogP contribution in [0.15, 0.2) is 41.6 Å². The Morgan fingerprint density at radius 1 is 1.23 bits per heavy atom. The first-order valence-electron chi connectivity index (χ1n) is 9.70. The van der Waals surface area contributed by atoms with Crippen LogP contribution in [-0.2, 0) is 24.8 Å². The molecule has 8 nitrogen and oxygen atoms in total. The van der Waals surface area contributed by atoms with Gasteiger partial charge in [0, 0.05) is 17.5 Å². The molecule has 0 saturated heterocycles. The molecule has 4 rings (SSSR count). The van der Waals surface area contributed by atoms with Crippen LogP contribution in [0.1, 0.15) is 23.8 Å². The summed E-state index contributed by atoms with van der Waals surface area (Å²) in [7, 11) is 1.71. The van der Waals surface area contributed by atoms with Crippen molar-refractivity contribution in [3.63, 3.8) is 0 Å². The van der Waals surface area contributed by atoms with Crippen LogP contribution in [0.25, 0.3) is 22.3 Å². The number of rotatable bonds is 6. The van der Waals surface area contributed by atoms with E-state index < -0.39 is 0 Å². The standard InChI is InChI=1S/C21H22N6O2S/c1-4-5-14-6-8-15(9-7-14)18-13(2)30-21(25-18)24-17(28)11-27-12-22-19-16(20(27)29)10-23-26(19)3/h6-10,12H,4-5,11H2,1-3H3,(H,24,25,28). The fraction of sp³-hybridized carbons (Fsp3) is 0.286. The van der Waals surface area contributed by atoms with E-state index in [1.165, 1.54) is 38.7 Å². The predicted molar refractivity (Wildman–Crippen MR) is 118 cm³/mol. The third-order valence-corrected chi connectivity index (χ3v) is 5.73. The van der Waals surface area contributed by atoms with Crippen molar-refractivity contribution in [1.82, 2.24) is 24.3 Å². The summed E-state index contributed by atoms with van der Waals surface area (Å²) in [4.78, 5) is 34.8. The zero-order valence-corrected chi connectivity index (χ0v) is 17.9. The number of hydrogen-bond acceptors (Lipinski definition) is 6. The normalized spacial score (nSPS) is 11.2. The second-order valence-electron chi connectivity index (χ2n) is 7.10. The molecule has 0 aliphatic heterocycles. The molecule has 3 heterocycles. The second-order valence-corrected chi connectivity index (χ2v) is 8.31. The zero-order chi connectivity index (χ0) is 21.3. The highest BCUT2D eigenvalue weighted by molar-refractivity contribution is 7.16. The van der Waals surface area contributed by atoms with Gasteiger partial charge < -0.3 is 5.32 Å². The topological polar surface area (TPSA) is 94.7 Å². The van der Waals surface area contributed by atoms with Crippen LogP contribution < -0.4 is 10.9 Å². The summed E-state index contributed by atoms with van der Waals surface area (Å²) in [5.74, 6) is -0.333. The number of aryl methyl sites for hydroxylation is 3. The van der Waals surface area contributed by atoms with E-state index in [9.17, 15) is 9.59 Å². The third-order valence-electron chi connectivity index (χ3n) is 4.84. The minimum absolute atomic E-state index is 0.143. The zero-order valence-electron chi connectivity index (χ0n) is 17.0. The number of amides is 1. The lowest BCUT2D eigenvalue weighted by atomic mass is 10.1. The minimum atomic E-state index is -0.333. The van der Waals surface area contributed by atoms with Crippen molar-refractivity contribution < 1.29 is 4.79 Å². The van der Waals surface area contributed by atoms with Crippen LogP contribution in [-0.4, -0.2) is 30.2 Å². The molecule has 0 spiro atoms. The van der Waals surface area contributed by atoms with E-state index in [1.54, 1.807) is 7.05 Å². The Morgan fingerprint density at radius 2 is 2.00 bits per heavy atom. The lowest BCUT2D eigenvalue weighted by Crippen LogP contribution is -2.27. The largest absolute Gasteiger partial charge is 0.300 e. The lowest BCUT2D eigenvalue weighted by Gasteiger charge is -2.05. The van der Waals surface area contributed by atoms with Gasteiger partial charge in [-0.15, -0.1) is 11.3 Å². The average Bonchev–Trinajstić information content (AvgIpc) is 3.28. The molecule has 0 atom stereocenters. The Balaban J connectivity index is 1.50. The van der Waals surface area contributed by atoms with Crippen LogP contribution in [0.3, 0.4) is 0 Å². The maximum atomic E-state index is 12.5. The number of carbonyl (C=O) groups is 1. The summed E-state index contributed by atoms with van der Waals surface area (Å²) in [5.41, 5.74) is 3.36. The molecule has 0 saturated carbocycles. The molecule has 0 fully saturated rings. The van der Waals surface area contributed by atoms with Crippen molar-refractivity contribution in [2.75, 3.05) is 5.32 Å². The van der Waals surface area contributed by atoms with Gasteiger partial charge in [0.05, 0.1) is 11.9 Å². The smallest absolute Gasteiger partial charge is 0.264 e. The Morgan fingerprint density at radius 3 is 2.73 bits per heavy atom. The summed E-state index contributed by atoms with van der Waals surface area (Å²) in [6.07, 6.45) is 4.98. The van der Waals surface area contributed by atoms with Crippen molar-refractivity contribution in [2.24, 2.45) is 7.05 Å². The molecule has 4 aromatic rings. The number of benzene rings is 1. The van der Waals surface area contributed by atoms with E-state index in [-0.39, 0.29) is 18.0 Å². The number of nitrogens with one attached hydrogen (secondary N) is 1. The number of anilines is 1. The fourth-order valence-corrected chi connectivity index (χ4v) is 4.18. The van der Waals surface area contributed by atoms with Gasteiger partial charge in [-0.25, -0.2) is 9.97 Å². The first-order chi connectivity index (χ1) is 14.5. The average molecular weight is 423 g/mol. The van der Waals surface area contributed by atoms with Gasteiger partial charge in [-0.3, -0.25) is 18.8 Å². The summed E-state index contributed by atoms with van der Waals surface area (Å²) < 4.78 is 2.79. The van der Waals surface area contributed by atoms with Crippen molar-refractivity contribution in [3.05, 3.63) is 57.6 Å². The van der Waals surface area contributed by atoms with Gasteiger partial charge in [0.15, 0.2) is 10.8 Å². The van der Waals surface area contributed by atoms with E-state index >= 15 is 0 Å². The highest BCUT2D eigenvalue weighted by Crippen LogP contribution is 2.30. The highest BCUT2D eigenvalue weighted by Gasteiger charge is 2.14. The van der Waals surface area contributed by atoms with E-state index in [1.807, 2.05) is 6.92 Å². The van der Waals surface area contributed by atoms with E-state index in [2.05, 4.69) is 51.6 Å². The van der Waals surface area contributed by atoms with Crippen LogP contribution in [0, 0.1) is 6.92 Å². The Hall–Kier alpha value is -3.33. The van der Waals surface area contributed by atoms with Gasteiger partial charge in [0.2, 0.25) is 5.91 Å². The van der Waals surface area contributed by atoms with Gasteiger partial charge in [-0.1, -0.05) is 37.6 Å². The lowest BCUT2D eigenvalue weighted by molar-refractivity contribution is -0.116. The molecule has 0 unspecified atom stereocenters. The number of aromatic nitrogens is 5. The maximum Gasteiger partial charge on any atom is 0.264 e. The number of fused-ring (bicyclic) bond motifs is 1. The molecule has 30 heavy (non-hydrogen) atoms. The first kappa shape index (κ1) is 20.0. The van der Waals surface area contributed by atoms with Gasteiger partial charge in [-0.2, -0.15) is 5.10 Å². The monoisotopic (exact) mass is 422 g/mol. The van der Waals surface area contributed by atoms with Crippen molar-refractivity contribution in [3.8, 4) is 11.3 Å². The van der Waals surface area contributed by atoms with Crippen LogP contribution >= 0.6 is 11.3 Å². The number of nitrogens with zero attached hydrogens (tertiary/aromatic N) is 5. The van der Waals surface area contributed by atoms with Crippen molar-refractivity contribution in [2.45, 2.75) is 33.2 Å². The quantitative estimate of drug-likeness (QED) is 0.515. The molecule has 0 bridgehead atoms. The van der Waals surface area contributed by atoms with Gasteiger partial charge in [0.25, 0.3) is 5.56 Å². The molecule has 0 aliphatic rings. The van der Waals surface area contributed by atoms with Gasteiger partial charge >= 0.3 is 0 Å². The second kappa shape index (κ2) is 8.19. The molecule has 1 aromatic carbocycles. The van der Waals surface area contributed by atoms with Crippen LogP contribution in [0.2, 0.25) is 0 Å².